The molecule has 3 unspecified atom stereocenters. The number of nitrogens with one attached hydrogen (secondary N) is 1. The van der Waals surface area contributed by atoms with Gasteiger partial charge in [-0.2, -0.15) is 0 Å². The van der Waals surface area contributed by atoms with Gasteiger partial charge in [0, 0.05) is 18.6 Å². The van der Waals surface area contributed by atoms with Crippen LogP contribution in [-0.4, -0.2) is 47.8 Å². The van der Waals surface area contributed by atoms with Gasteiger partial charge in [0.2, 0.25) is 0 Å². The van der Waals surface area contributed by atoms with Crippen molar-refractivity contribution >= 4 is 0 Å². The molecule has 3 atom stereocenters. The van der Waals surface area contributed by atoms with Crippen molar-refractivity contribution in [2.45, 2.75) is 63.6 Å². The van der Waals surface area contributed by atoms with Crippen LogP contribution in [-0.2, 0) is 0 Å². The maximum Gasteiger partial charge on any atom is 0.0628 e. The number of hydrogen-bond donors (Lipinski definition) is 2. The van der Waals surface area contributed by atoms with E-state index in [9.17, 15) is 5.11 Å². The van der Waals surface area contributed by atoms with Crippen LogP contribution in [0.25, 0.3) is 0 Å². The molecular weight excluding hydrogens is 212 g/mol. The summed E-state index contributed by atoms with van der Waals surface area (Å²) in [6.07, 6.45) is 6.43. The van der Waals surface area contributed by atoms with Crippen LogP contribution in [0.2, 0.25) is 0 Å². The maximum atomic E-state index is 9.80. The smallest absolute Gasteiger partial charge is 0.0628 e. The third kappa shape index (κ3) is 2.51. The maximum absolute atomic E-state index is 9.80. The molecule has 1 aliphatic heterocycles. The number of rotatable bonds is 6. The van der Waals surface area contributed by atoms with Gasteiger partial charge in [0.1, 0.15) is 0 Å². The Balaban J connectivity index is 2.06. The molecule has 0 amide bonds. The van der Waals surface area contributed by atoms with E-state index in [-0.39, 0.29) is 12.1 Å². The van der Waals surface area contributed by atoms with Crippen LogP contribution in [0.15, 0.2) is 0 Å². The Bertz CT molecular complexity index is 249. The van der Waals surface area contributed by atoms with Gasteiger partial charge in [0.25, 0.3) is 0 Å². The fraction of sp³-hybridized carbons (Fsp3) is 1.00. The normalized spacial score (nSPS) is 33.9. The Morgan fingerprint density at radius 3 is 2.47 bits per heavy atom. The molecule has 1 saturated heterocycles. The second kappa shape index (κ2) is 5.25. The van der Waals surface area contributed by atoms with Crippen molar-refractivity contribution in [2.24, 2.45) is 5.92 Å². The number of aliphatic hydroxyl groups is 1. The molecule has 3 nitrogen and oxygen atoms in total. The largest absolute Gasteiger partial charge is 0.394 e. The van der Waals surface area contributed by atoms with E-state index in [0.717, 1.165) is 12.6 Å². The highest BCUT2D eigenvalue weighted by Gasteiger charge is 2.46. The summed E-state index contributed by atoms with van der Waals surface area (Å²) < 4.78 is 0. The lowest BCUT2D eigenvalue weighted by Gasteiger charge is -2.40. The number of aliphatic hydroxyl groups excluding tert-OH is 1. The molecule has 17 heavy (non-hydrogen) atoms. The Kier molecular flexibility index (Phi) is 4.11. The average Bonchev–Trinajstić information content (AvgIpc) is 3.14. The summed E-state index contributed by atoms with van der Waals surface area (Å²) in [6, 6.07) is 1.40. The second-order valence-corrected chi connectivity index (χ2v) is 6.00. The zero-order chi connectivity index (χ0) is 12.5. The van der Waals surface area contributed by atoms with E-state index in [1.54, 1.807) is 0 Å². The first-order valence-electron chi connectivity index (χ1n) is 7.22. The topological polar surface area (TPSA) is 35.5 Å². The van der Waals surface area contributed by atoms with E-state index in [1.165, 1.54) is 32.1 Å². The van der Waals surface area contributed by atoms with Crippen molar-refractivity contribution in [3.63, 3.8) is 0 Å². The van der Waals surface area contributed by atoms with Crippen LogP contribution in [0.4, 0.5) is 0 Å². The van der Waals surface area contributed by atoms with Crippen LogP contribution in [0.1, 0.15) is 46.0 Å². The quantitative estimate of drug-likeness (QED) is 0.740. The van der Waals surface area contributed by atoms with Gasteiger partial charge in [-0.3, -0.25) is 4.90 Å². The van der Waals surface area contributed by atoms with Gasteiger partial charge in [-0.05, 0) is 52.0 Å². The Morgan fingerprint density at radius 2 is 2.00 bits per heavy atom. The van der Waals surface area contributed by atoms with E-state index in [2.05, 4.69) is 24.1 Å². The fourth-order valence-electron chi connectivity index (χ4n) is 3.48. The number of likely N-dealkylation sites (N-methyl/N-ethyl adjacent to an activating group) is 1. The molecule has 0 aromatic rings. The summed E-state index contributed by atoms with van der Waals surface area (Å²) in [5.41, 5.74) is -0.0496. The molecule has 0 aromatic carbocycles. The second-order valence-electron chi connectivity index (χ2n) is 6.00. The molecule has 2 N–H and O–H groups in total. The lowest BCUT2D eigenvalue weighted by Crippen LogP contribution is -2.58. The predicted octanol–water partition coefficient (Wildman–Crippen LogP) is 1.61. The average molecular weight is 240 g/mol. The molecule has 0 aromatic heterocycles. The molecule has 3 heteroatoms. The lowest BCUT2D eigenvalue weighted by atomic mass is 9.92. The molecule has 0 bridgehead atoms. The van der Waals surface area contributed by atoms with Crippen LogP contribution in [0.3, 0.4) is 0 Å². The van der Waals surface area contributed by atoms with Crippen molar-refractivity contribution in [3.8, 4) is 0 Å². The highest BCUT2D eigenvalue weighted by molar-refractivity contribution is 5.04. The Morgan fingerprint density at radius 1 is 1.29 bits per heavy atom. The van der Waals surface area contributed by atoms with E-state index < -0.39 is 0 Å². The van der Waals surface area contributed by atoms with E-state index in [1.807, 2.05) is 7.05 Å². The third-order valence-electron chi connectivity index (χ3n) is 5.03. The highest BCUT2D eigenvalue weighted by Crippen LogP contribution is 2.41. The monoisotopic (exact) mass is 240 g/mol. The standard InChI is InChI=1S/C14H28N2O/c1-4-13-8-5-11(2)16(13)9-14(10-17,15-3)12-6-7-12/h11-13,15,17H,4-10H2,1-3H3. The zero-order valence-corrected chi connectivity index (χ0v) is 11.6. The molecule has 100 valence electrons. The summed E-state index contributed by atoms with van der Waals surface area (Å²) >= 11 is 0. The molecule has 1 saturated carbocycles. The lowest BCUT2D eigenvalue weighted by molar-refractivity contribution is 0.0741. The molecule has 1 heterocycles. The summed E-state index contributed by atoms with van der Waals surface area (Å²) in [4.78, 5) is 2.63. The molecule has 2 fully saturated rings. The first-order valence-corrected chi connectivity index (χ1v) is 7.22. The van der Waals surface area contributed by atoms with Crippen LogP contribution < -0.4 is 5.32 Å². The van der Waals surface area contributed by atoms with Crippen LogP contribution >= 0.6 is 0 Å². The van der Waals surface area contributed by atoms with Gasteiger partial charge in [0.15, 0.2) is 0 Å². The number of likely N-dealkylation sites (tertiary alicyclic amines) is 1. The van der Waals surface area contributed by atoms with Crippen molar-refractivity contribution < 1.29 is 5.11 Å². The van der Waals surface area contributed by atoms with E-state index in [4.69, 9.17) is 0 Å². The summed E-state index contributed by atoms with van der Waals surface area (Å²) in [7, 11) is 2.01. The van der Waals surface area contributed by atoms with Crippen molar-refractivity contribution in [1.82, 2.24) is 10.2 Å². The molecule has 0 radical (unpaired) electrons. The molecule has 0 spiro atoms. The Labute approximate surface area is 106 Å². The van der Waals surface area contributed by atoms with E-state index >= 15 is 0 Å². The first-order chi connectivity index (χ1) is 8.16. The minimum Gasteiger partial charge on any atom is -0.394 e. The third-order valence-corrected chi connectivity index (χ3v) is 5.03. The van der Waals surface area contributed by atoms with Crippen LogP contribution in [0.5, 0.6) is 0 Å². The summed E-state index contributed by atoms with van der Waals surface area (Å²) in [5.74, 6) is 0.683. The SMILES string of the molecule is CCC1CCC(C)N1CC(CO)(NC)C1CC1. The molecule has 2 aliphatic rings. The van der Waals surface area contributed by atoms with Crippen molar-refractivity contribution in [1.29, 1.82) is 0 Å². The highest BCUT2D eigenvalue weighted by atomic mass is 16.3. The minimum atomic E-state index is -0.0496. The van der Waals surface area contributed by atoms with Gasteiger partial charge in [-0.15, -0.1) is 0 Å². The van der Waals surface area contributed by atoms with Crippen molar-refractivity contribution in [3.05, 3.63) is 0 Å². The Hall–Kier alpha value is -0.120. The van der Waals surface area contributed by atoms with Gasteiger partial charge in [0.05, 0.1) is 12.1 Å². The number of hydrogen-bond acceptors (Lipinski definition) is 3. The van der Waals surface area contributed by atoms with Gasteiger partial charge >= 0.3 is 0 Å². The van der Waals surface area contributed by atoms with Crippen LogP contribution in [0, 0.1) is 5.92 Å². The number of nitrogens with zero attached hydrogens (tertiary/aromatic N) is 1. The predicted molar refractivity (Wildman–Crippen MR) is 71.1 cm³/mol. The molecular formula is C14H28N2O. The van der Waals surface area contributed by atoms with Gasteiger partial charge in [-0.1, -0.05) is 6.92 Å². The van der Waals surface area contributed by atoms with Gasteiger partial charge < -0.3 is 10.4 Å². The first kappa shape index (κ1) is 13.3. The molecule has 2 rings (SSSR count). The molecule has 1 aliphatic carbocycles. The van der Waals surface area contributed by atoms with Gasteiger partial charge in [-0.25, -0.2) is 0 Å². The fourth-order valence-corrected chi connectivity index (χ4v) is 3.48. The summed E-state index contributed by atoms with van der Waals surface area (Å²) in [5, 5.41) is 13.2. The van der Waals surface area contributed by atoms with E-state index in [0.29, 0.717) is 12.0 Å². The van der Waals surface area contributed by atoms with Crippen molar-refractivity contribution in [2.75, 3.05) is 20.2 Å². The minimum absolute atomic E-state index is 0.0496. The zero-order valence-electron chi connectivity index (χ0n) is 11.6. The summed E-state index contributed by atoms with van der Waals surface area (Å²) in [6.45, 7) is 5.91.